The molecule has 0 amide bonds. The zero-order chi connectivity index (χ0) is 14.6. The molecule has 106 valence electrons. The van der Waals surface area contributed by atoms with Gasteiger partial charge in [0.15, 0.2) is 0 Å². The van der Waals surface area contributed by atoms with E-state index in [9.17, 15) is 4.79 Å². The standard InChI is InChI=1S/C17H16N2OS/c1-10-5-3-6-12(9-10)19-11(2)18-16-15(17(19)20)13-7-4-8-14(13)21-16/h3,5-6,9H,4,7-8H2,1-2H3. The molecule has 0 spiro atoms. The van der Waals surface area contributed by atoms with E-state index in [1.807, 2.05) is 38.1 Å². The lowest BCUT2D eigenvalue weighted by atomic mass is 10.2. The number of rotatable bonds is 1. The Labute approximate surface area is 126 Å². The quantitative estimate of drug-likeness (QED) is 0.688. The topological polar surface area (TPSA) is 34.9 Å². The van der Waals surface area contributed by atoms with Crippen LogP contribution in [-0.2, 0) is 12.8 Å². The zero-order valence-corrected chi connectivity index (χ0v) is 13.0. The summed E-state index contributed by atoms with van der Waals surface area (Å²) in [5.74, 6) is 0.762. The molecular weight excluding hydrogens is 280 g/mol. The van der Waals surface area contributed by atoms with Crippen molar-refractivity contribution in [2.45, 2.75) is 33.1 Å². The minimum atomic E-state index is 0.0856. The zero-order valence-electron chi connectivity index (χ0n) is 12.1. The van der Waals surface area contributed by atoms with Crippen LogP contribution >= 0.6 is 11.3 Å². The third-order valence-electron chi connectivity index (χ3n) is 4.17. The molecule has 1 aliphatic carbocycles. The van der Waals surface area contributed by atoms with Crippen molar-refractivity contribution in [1.29, 1.82) is 0 Å². The van der Waals surface area contributed by atoms with Crippen LogP contribution in [0.1, 0.15) is 28.2 Å². The molecule has 4 heteroatoms. The van der Waals surface area contributed by atoms with E-state index in [0.717, 1.165) is 46.6 Å². The molecule has 0 fully saturated rings. The van der Waals surface area contributed by atoms with Crippen LogP contribution in [0.15, 0.2) is 29.1 Å². The SMILES string of the molecule is Cc1cccc(-n2c(C)nc3sc4c(c3c2=O)CCC4)c1. The predicted molar refractivity (Wildman–Crippen MR) is 86.7 cm³/mol. The fraction of sp³-hybridized carbons (Fsp3) is 0.294. The first-order valence-corrected chi connectivity index (χ1v) is 8.08. The van der Waals surface area contributed by atoms with Gasteiger partial charge in [0.1, 0.15) is 10.7 Å². The number of hydrogen-bond donors (Lipinski definition) is 0. The minimum Gasteiger partial charge on any atom is -0.268 e. The molecule has 4 rings (SSSR count). The van der Waals surface area contributed by atoms with Crippen molar-refractivity contribution < 1.29 is 0 Å². The number of nitrogens with zero attached hydrogens (tertiary/aromatic N) is 2. The average Bonchev–Trinajstić information content (AvgIpc) is 2.98. The molecule has 1 aliphatic rings. The van der Waals surface area contributed by atoms with Crippen LogP contribution in [0.3, 0.4) is 0 Å². The number of thiophene rings is 1. The van der Waals surface area contributed by atoms with Crippen molar-refractivity contribution in [2.75, 3.05) is 0 Å². The summed E-state index contributed by atoms with van der Waals surface area (Å²) in [5.41, 5.74) is 3.38. The summed E-state index contributed by atoms with van der Waals surface area (Å²) in [7, 11) is 0. The van der Waals surface area contributed by atoms with Gasteiger partial charge in [-0.15, -0.1) is 11.3 Å². The Balaban J connectivity index is 2.08. The second kappa shape index (κ2) is 4.53. The molecule has 3 nitrogen and oxygen atoms in total. The largest absolute Gasteiger partial charge is 0.268 e. The van der Waals surface area contributed by atoms with Crippen molar-refractivity contribution >= 4 is 21.6 Å². The minimum absolute atomic E-state index is 0.0856. The molecule has 0 unspecified atom stereocenters. The van der Waals surface area contributed by atoms with Crippen LogP contribution in [0.2, 0.25) is 0 Å². The molecule has 0 N–H and O–H groups in total. The van der Waals surface area contributed by atoms with E-state index < -0.39 is 0 Å². The summed E-state index contributed by atoms with van der Waals surface area (Å²) in [4.78, 5) is 20.0. The molecule has 2 aromatic heterocycles. The molecule has 3 aromatic rings. The van der Waals surface area contributed by atoms with Crippen LogP contribution in [0, 0.1) is 13.8 Å². The average molecular weight is 296 g/mol. The van der Waals surface area contributed by atoms with E-state index in [1.54, 1.807) is 15.9 Å². The Hall–Kier alpha value is -1.94. The molecule has 21 heavy (non-hydrogen) atoms. The van der Waals surface area contributed by atoms with Gasteiger partial charge in [-0.25, -0.2) is 4.98 Å². The van der Waals surface area contributed by atoms with Crippen LogP contribution in [0.5, 0.6) is 0 Å². The first kappa shape index (κ1) is 12.8. The van der Waals surface area contributed by atoms with Crippen molar-refractivity contribution in [3.05, 3.63) is 56.4 Å². The van der Waals surface area contributed by atoms with E-state index in [0.29, 0.717) is 0 Å². The number of aryl methyl sites for hydroxylation is 4. The summed E-state index contributed by atoms with van der Waals surface area (Å²) >= 11 is 1.70. The van der Waals surface area contributed by atoms with Gasteiger partial charge in [0, 0.05) is 4.88 Å². The van der Waals surface area contributed by atoms with Crippen LogP contribution in [-0.4, -0.2) is 9.55 Å². The molecule has 0 radical (unpaired) electrons. The molecule has 1 aromatic carbocycles. The van der Waals surface area contributed by atoms with Crippen LogP contribution in [0.4, 0.5) is 0 Å². The Bertz CT molecular complexity index is 920. The van der Waals surface area contributed by atoms with Crippen LogP contribution < -0.4 is 5.56 Å². The molecule has 0 bridgehead atoms. The van der Waals surface area contributed by atoms with Gasteiger partial charge < -0.3 is 0 Å². The lowest BCUT2D eigenvalue weighted by Gasteiger charge is -2.10. The molecule has 0 saturated carbocycles. The fourth-order valence-corrected chi connectivity index (χ4v) is 4.51. The molecular formula is C17H16N2OS. The molecule has 2 heterocycles. The smallest absolute Gasteiger partial charge is 0.267 e. The van der Waals surface area contributed by atoms with Gasteiger partial charge in [-0.2, -0.15) is 0 Å². The lowest BCUT2D eigenvalue weighted by Crippen LogP contribution is -2.22. The normalized spacial score (nSPS) is 13.8. The number of hydrogen-bond acceptors (Lipinski definition) is 3. The third kappa shape index (κ3) is 1.86. The summed E-state index contributed by atoms with van der Waals surface area (Å²) in [6, 6.07) is 8.03. The van der Waals surface area contributed by atoms with E-state index in [2.05, 4.69) is 4.98 Å². The highest BCUT2D eigenvalue weighted by molar-refractivity contribution is 7.18. The third-order valence-corrected chi connectivity index (χ3v) is 5.35. The summed E-state index contributed by atoms with van der Waals surface area (Å²) < 4.78 is 1.75. The van der Waals surface area contributed by atoms with Gasteiger partial charge in [0.2, 0.25) is 0 Å². The maximum atomic E-state index is 13.0. The summed E-state index contributed by atoms with van der Waals surface area (Å²) in [5, 5.41) is 0.847. The highest BCUT2D eigenvalue weighted by Gasteiger charge is 2.22. The highest BCUT2D eigenvalue weighted by atomic mass is 32.1. The predicted octanol–water partition coefficient (Wildman–Crippen LogP) is 3.55. The molecule has 0 atom stereocenters. The molecule has 0 aliphatic heterocycles. The van der Waals surface area contributed by atoms with E-state index in [-0.39, 0.29) is 5.56 Å². The van der Waals surface area contributed by atoms with Crippen LogP contribution in [0.25, 0.3) is 15.9 Å². The summed E-state index contributed by atoms with van der Waals surface area (Å²) in [6.45, 7) is 3.95. The Kier molecular flexibility index (Phi) is 2.76. The number of fused-ring (bicyclic) bond motifs is 3. The van der Waals surface area contributed by atoms with Crippen molar-refractivity contribution in [3.8, 4) is 5.69 Å². The highest BCUT2D eigenvalue weighted by Crippen LogP contribution is 2.34. The van der Waals surface area contributed by atoms with Crippen molar-refractivity contribution in [2.24, 2.45) is 0 Å². The van der Waals surface area contributed by atoms with E-state index in [4.69, 9.17) is 0 Å². The van der Waals surface area contributed by atoms with Gasteiger partial charge in [0.05, 0.1) is 11.1 Å². The van der Waals surface area contributed by atoms with Crippen molar-refractivity contribution in [1.82, 2.24) is 9.55 Å². The Morgan fingerprint density at radius 2 is 2.10 bits per heavy atom. The maximum absolute atomic E-state index is 13.0. The van der Waals surface area contributed by atoms with E-state index in [1.165, 1.54) is 10.4 Å². The second-order valence-electron chi connectivity index (χ2n) is 5.68. The number of aromatic nitrogens is 2. The number of benzene rings is 1. The van der Waals surface area contributed by atoms with Crippen molar-refractivity contribution in [3.63, 3.8) is 0 Å². The Morgan fingerprint density at radius 1 is 1.24 bits per heavy atom. The van der Waals surface area contributed by atoms with Gasteiger partial charge in [-0.3, -0.25) is 9.36 Å². The monoisotopic (exact) mass is 296 g/mol. The van der Waals surface area contributed by atoms with Gasteiger partial charge in [-0.1, -0.05) is 12.1 Å². The molecule has 0 saturated heterocycles. The van der Waals surface area contributed by atoms with Gasteiger partial charge >= 0.3 is 0 Å². The van der Waals surface area contributed by atoms with Gasteiger partial charge in [-0.05, 0) is 56.4 Å². The van der Waals surface area contributed by atoms with E-state index >= 15 is 0 Å². The Morgan fingerprint density at radius 3 is 2.90 bits per heavy atom. The fourth-order valence-electron chi connectivity index (χ4n) is 3.22. The lowest BCUT2D eigenvalue weighted by molar-refractivity contribution is 0.888. The second-order valence-corrected chi connectivity index (χ2v) is 6.76. The van der Waals surface area contributed by atoms with Gasteiger partial charge in [0.25, 0.3) is 5.56 Å². The maximum Gasteiger partial charge on any atom is 0.267 e. The summed E-state index contributed by atoms with van der Waals surface area (Å²) in [6.07, 6.45) is 3.28. The first-order valence-electron chi connectivity index (χ1n) is 7.26. The first-order chi connectivity index (χ1) is 10.1.